The van der Waals surface area contributed by atoms with E-state index in [-0.39, 0.29) is 6.42 Å². The third kappa shape index (κ3) is 10.3. The Balaban J connectivity index is 3.33. The average molecular weight is 266 g/mol. The molecule has 0 aromatic carbocycles. The first-order valence-corrected chi connectivity index (χ1v) is 7.52. The van der Waals surface area contributed by atoms with Crippen LogP contribution in [0.3, 0.4) is 0 Å². The quantitative estimate of drug-likeness (QED) is 0.468. The van der Waals surface area contributed by atoms with Crippen LogP contribution < -0.4 is 0 Å². The minimum atomic E-state index is -3.88. The summed E-state index contributed by atoms with van der Waals surface area (Å²) in [6.07, 6.45) is 5.98. The molecular formula is C11H22O5S. The number of aliphatic carboxylic acids is 1. The highest BCUT2D eigenvalue weighted by Gasteiger charge is 2.15. The Labute approximate surface area is 103 Å². The van der Waals surface area contributed by atoms with Crippen molar-refractivity contribution in [2.24, 2.45) is 0 Å². The second-order valence-electron chi connectivity index (χ2n) is 4.38. The number of carboxylic acids is 1. The molecule has 0 aliphatic carbocycles. The highest BCUT2D eigenvalue weighted by Crippen LogP contribution is 2.12. The van der Waals surface area contributed by atoms with Crippen molar-refractivity contribution in [1.82, 2.24) is 0 Å². The van der Waals surface area contributed by atoms with Gasteiger partial charge in [0.1, 0.15) is 0 Å². The molecule has 0 radical (unpaired) electrons. The van der Waals surface area contributed by atoms with Gasteiger partial charge in [0.2, 0.25) is 0 Å². The Morgan fingerprint density at radius 1 is 1.06 bits per heavy atom. The minimum Gasteiger partial charge on any atom is -0.481 e. The van der Waals surface area contributed by atoms with Crippen LogP contribution in [0.4, 0.5) is 0 Å². The molecule has 2 N–H and O–H groups in total. The predicted octanol–water partition coefficient (Wildman–Crippen LogP) is 2.47. The number of carboxylic acid groups (broad SMARTS) is 1. The lowest BCUT2D eigenvalue weighted by atomic mass is 10.1. The van der Waals surface area contributed by atoms with E-state index in [0.29, 0.717) is 12.8 Å². The van der Waals surface area contributed by atoms with Gasteiger partial charge in [-0.05, 0) is 19.8 Å². The van der Waals surface area contributed by atoms with Crippen molar-refractivity contribution in [3.8, 4) is 0 Å². The van der Waals surface area contributed by atoms with Crippen LogP contribution in [0.25, 0.3) is 0 Å². The van der Waals surface area contributed by atoms with Gasteiger partial charge in [0, 0.05) is 6.42 Å². The lowest BCUT2D eigenvalue weighted by Crippen LogP contribution is -2.16. The smallest absolute Gasteiger partial charge is 0.303 e. The SMILES string of the molecule is CC(CCCCCCCCC(=O)O)S(=O)(=O)O. The molecule has 0 bridgehead atoms. The van der Waals surface area contributed by atoms with E-state index in [4.69, 9.17) is 9.66 Å². The molecule has 0 heterocycles. The van der Waals surface area contributed by atoms with Crippen LogP contribution in [-0.4, -0.2) is 29.3 Å². The zero-order valence-electron chi connectivity index (χ0n) is 10.3. The Morgan fingerprint density at radius 3 is 2.00 bits per heavy atom. The van der Waals surface area contributed by atoms with Crippen LogP contribution in [0.15, 0.2) is 0 Å². The van der Waals surface area contributed by atoms with Crippen molar-refractivity contribution in [3.05, 3.63) is 0 Å². The van der Waals surface area contributed by atoms with Gasteiger partial charge in [-0.2, -0.15) is 8.42 Å². The molecule has 0 fully saturated rings. The summed E-state index contributed by atoms with van der Waals surface area (Å²) >= 11 is 0. The Kier molecular flexibility index (Phi) is 8.16. The fourth-order valence-electron chi connectivity index (χ4n) is 1.56. The van der Waals surface area contributed by atoms with Crippen molar-refractivity contribution < 1.29 is 22.9 Å². The number of carbonyl (C=O) groups is 1. The third-order valence-electron chi connectivity index (χ3n) is 2.76. The Morgan fingerprint density at radius 2 is 1.53 bits per heavy atom. The van der Waals surface area contributed by atoms with Gasteiger partial charge in [-0.1, -0.05) is 32.1 Å². The van der Waals surface area contributed by atoms with Crippen LogP contribution in [0.5, 0.6) is 0 Å². The van der Waals surface area contributed by atoms with Crippen LogP contribution >= 0.6 is 0 Å². The van der Waals surface area contributed by atoms with Gasteiger partial charge in [-0.25, -0.2) is 0 Å². The van der Waals surface area contributed by atoms with E-state index < -0.39 is 21.3 Å². The van der Waals surface area contributed by atoms with Crippen LogP contribution in [0.1, 0.15) is 58.3 Å². The molecule has 0 saturated carbocycles. The average Bonchev–Trinajstić information content (AvgIpc) is 2.19. The molecule has 0 aliphatic rings. The second kappa shape index (κ2) is 8.47. The predicted molar refractivity (Wildman–Crippen MR) is 65.6 cm³/mol. The summed E-state index contributed by atoms with van der Waals surface area (Å²) in [6, 6.07) is 0. The van der Waals surface area contributed by atoms with Crippen molar-refractivity contribution in [3.63, 3.8) is 0 Å². The summed E-state index contributed by atoms with van der Waals surface area (Å²) in [5, 5.41) is 7.73. The van der Waals surface area contributed by atoms with Crippen LogP contribution in [0.2, 0.25) is 0 Å². The van der Waals surface area contributed by atoms with Crippen LogP contribution in [0, 0.1) is 0 Å². The molecule has 6 heteroatoms. The monoisotopic (exact) mass is 266 g/mol. The van der Waals surface area contributed by atoms with Gasteiger partial charge in [0.15, 0.2) is 0 Å². The van der Waals surface area contributed by atoms with Gasteiger partial charge in [-0.15, -0.1) is 0 Å². The summed E-state index contributed by atoms with van der Waals surface area (Å²) in [5.41, 5.74) is 0. The van der Waals surface area contributed by atoms with Crippen molar-refractivity contribution >= 4 is 16.1 Å². The lowest BCUT2D eigenvalue weighted by Gasteiger charge is -2.07. The van der Waals surface area contributed by atoms with E-state index >= 15 is 0 Å². The third-order valence-corrected chi connectivity index (χ3v) is 4.01. The molecular weight excluding hydrogens is 244 g/mol. The van der Waals surface area contributed by atoms with Crippen LogP contribution in [-0.2, 0) is 14.9 Å². The first-order valence-electron chi connectivity index (χ1n) is 6.02. The van der Waals surface area contributed by atoms with Crippen molar-refractivity contribution in [2.45, 2.75) is 63.5 Å². The van der Waals surface area contributed by atoms with Crippen molar-refractivity contribution in [1.29, 1.82) is 0 Å². The molecule has 0 amide bonds. The zero-order valence-corrected chi connectivity index (χ0v) is 11.1. The summed E-state index contributed by atoms with van der Waals surface area (Å²) < 4.78 is 30.1. The molecule has 1 unspecified atom stereocenters. The number of hydrogen-bond acceptors (Lipinski definition) is 3. The van der Waals surface area contributed by atoms with Gasteiger partial charge in [-0.3, -0.25) is 9.35 Å². The number of unbranched alkanes of at least 4 members (excludes halogenated alkanes) is 5. The molecule has 0 saturated heterocycles. The standard InChI is InChI=1S/C11H22O5S/c1-10(17(14,15)16)8-6-4-2-3-5-7-9-11(12)13/h10H,2-9H2,1H3,(H,12,13)(H,14,15,16). The Hall–Kier alpha value is -0.620. The first-order chi connectivity index (χ1) is 7.84. The lowest BCUT2D eigenvalue weighted by molar-refractivity contribution is -0.137. The molecule has 0 aliphatic heterocycles. The molecule has 102 valence electrons. The summed E-state index contributed by atoms with van der Waals surface area (Å²) in [6.45, 7) is 1.50. The molecule has 1 atom stereocenters. The maximum Gasteiger partial charge on any atom is 0.303 e. The van der Waals surface area contributed by atoms with E-state index in [1.165, 1.54) is 6.92 Å². The topological polar surface area (TPSA) is 91.7 Å². The second-order valence-corrected chi connectivity index (χ2v) is 6.21. The van der Waals surface area contributed by atoms with E-state index in [1.54, 1.807) is 0 Å². The number of hydrogen-bond donors (Lipinski definition) is 2. The summed E-state index contributed by atoms with van der Waals surface area (Å²) in [7, 11) is -3.88. The first kappa shape index (κ1) is 16.4. The summed E-state index contributed by atoms with van der Waals surface area (Å²) in [4.78, 5) is 10.2. The van der Waals surface area contributed by atoms with Gasteiger partial charge >= 0.3 is 5.97 Å². The van der Waals surface area contributed by atoms with E-state index in [1.807, 2.05) is 0 Å². The maximum absolute atomic E-state index is 10.7. The summed E-state index contributed by atoms with van der Waals surface area (Å²) in [5.74, 6) is -0.757. The van der Waals surface area contributed by atoms with E-state index in [0.717, 1.165) is 32.1 Å². The van der Waals surface area contributed by atoms with Gasteiger partial charge in [0.05, 0.1) is 5.25 Å². The van der Waals surface area contributed by atoms with Crippen molar-refractivity contribution in [2.75, 3.05) is 0 Å². The molecule has 0 aromatic heterocycles. The van der Waals surface area contributed by atoms with Gasteiger partial charge < -0.3 is 5.11 Å². The van der Waals surface area contributed by atoms with E-state index in [2.05, 4.69) is 0 Å². The fourth-order valence-corrected chi connectivity index (χ4v) is 2.03. The van der Waals surface area contributed by atoms with E-state index in [9.17, 15) is 13.2 Å². The van der Waals surface area contributed by atoms with Gasteiger partial charge in [0.25, 0.3) is 10.1 Å². The highest BCUT2D eigenvalue weighted by molar-refractivity contribution is 7.86. The Bertz CT molecular complexity index is 310. The zero-order chi connectivity index (χ0) is 13.3. The molecule has 0 rings (SSSR count). The fraction of sp³-hybridized carbons (Fsp3) is 0.909. The normalized spacial score (nSPS) is 13.5. The minimum absolute atomic E-state index is 0.222. The maximum atomic E-state index is 10.7. The molecule has 0 spiro atoms. The largest absolute Gasteiger partial charge is 0.481 e. The highest BCUT2D eigenvalue weighted by atomic mass is 32.2. The molecule has 5 nitrogen and oxygen atoms in total. The molecule has 0 aromatic rings. The molecule has 17 heavy (non-hydrogen) atoms. The number of rotatable bonds is 10.